The summed E-state index contributed by atoms with van der Waals surface area (Å²) in [6.45, 7) is 4.15. The van der Waals surface area contributed by atoms with Crippen LogP contribution in [0.5, 0.6) is 0 Å². The number of carbonyl (C=O) groups is 1. The highest BCUT2D eigenvalue weighted by atomic mass is 19.1. The lowest BCUT2D eigenvalue weighted by atomic mass is 9.98. The Kier molecular flexibility index (Phi) is 4.00. The van der Waals surface area contributed by atoms with Crippen LogP contribution >= 0.6 is 0 Å². The second-order valence-corrected chi connectivity index (χ2v) is 4.74. The number of hydrogen-bond donors (Lipinski definition) is 0. The number of Topliss-reactive ketones (excluding diaryl/α,β-unsaturated/α-hetero) is 1. The van der Waals surface area contributed by atoms with Gasteiger partial charge in [0.25, 0.3) is 0 Å². The Hall–Kier alpha value is -1.68. The van der Waals surface area contributed by atoms with Crippen LogP contribution in [0.25, 0.3) is 11.0 Å². The molecule has 1 aromatic carbocycles. The Labute approximate surface area is 111 Å². The fourth-order valence-corrected chi connectivity index (χ4v) is 2.08. The number of ether oxygens (including phenoxy) is 1. The van der Waals surface area contributed by atoms with Gasteiger partial charge in [-0.25, -0.2) is 4.39 Å². The summed E-state index contributed by atoms with van der Waals surface area (Å²) in [6, 6.07) is 4.27. The van der Waals surface area contributed by atoms with Gasteiger partial charge in [-0.3, -0.25) is 4.79 Å². The summed E-state index contributed by atoms with van der Waals surface area (Å²) in [5.41, 5.74) is 1.24. The van der Waals surface area contributed by atoms with Crippen molar-refractivity contribution < 1.29 is 18.3 Å². The molecule has 0 saturated carbocycles. The molecule has 0 aliphatic carbocycles. The van der Waals surface area contributed by atoms with E-state index in [1.165, 1.54) is 12.1 Å². The standard InChI is InChI=1S/C15H17FO3/c1-9(6-7-18-3)14(17)15-10(2)12-8-11(16)4-5-13(12)19-15/h4-5,8-9H,6-7H2,1-3H3. The third kappa shape index (κ3) is 2.68. The van der Waals surface area contributed by atoms with Gasteiger partial charge >= 0.3 is 0 Å². The van der Waals surface area contributed by atoms with Crippen LogP contribution in [0.3, 0.4) is 0 Å². The van der Waals surface area contributed by atoms with Crippen LogP contribution in [0.2, 0.25) is 0 Å². The topological polar surface area (TPSA) is 39.4 Å². The summed E-state index contributed by atoms with van der Waals surface area (Å²) in [6.07, 6.45) is 0.639. The summed E-state index contributed by atoms with van der Waals surface area (Å²) in [7, 11) is 1.60. The van der Waals surface area contributed by atoms with Gasteiger partial charge in [-0.2, -0.15) is 0 Å². The van der Waals surface area contributed by atoms with Crippen molar-refractivity contribution in [2.24, 2.45) is 5.92 Å². The molecule has 0 fully saturated rings. The van der Waals surface area contributed by atoms with Crippen molar-refractivity contribution in [3.8, 4) is 0 Å². The number of aryl methyl sites for hydroxylation is 1. The van der Waals surface area contributed by atoms with Crippen LogP contribution in [-0.2, 0) is 4.74 Å². The van der Waals surface area contributed by atoms with Crippen LogP contribution in [0, 0.1) is 18.7 Å². The van der Waals surface area contributed by atoms with E-state index in [1.807, 2.05) is 6.92 Å². The normalized spacial score (nSPS) is 12.8. The predicted molar refractivity (Wildman–Crippen MR) is 70.9 cm³/mol. The van der Waals surface area contributed by atoms with Gasteiger partial charge in [0, 0.05) is 30.6 Å². The van der Waals surface area contributed by atoms with Gasteiger partial charge in [0.2, 0.25) is 5.78 Å². The lowest BCUT2D eigenvalue weighted by molar-refractivity contribution is 0.0867. The van der Waals surface area contributed by atoms with Gasteiger partial charge < -0.3 is 9.15 Å². The number of ketones is 1. The lowest BCUT2D eigenvalue weighted by Gasteiger charge is -2.07. The molecule has 0 spiro atoms. The number of hydrogen-bond acceptors (Lipinski definition) is 3. The van der Waals surface area contributed by atoms with E-state index in [-0.39, 0.29) is 17.5 Å². The fourth-order valence-electron chi connectivity index (χ4n) is 2.08. The third-order valence-electron chi connectivity index (χ3n) is 3.32. The van der Waals surface area contributed by atoms with Crippen LogP contribution in [0.15, 0.2) is 22.6 Å². The molecule has 2 rings (SSSR count). The first kappa shape index (κ1) is 13.7. The first-order chi connectivity index (χ1) is 9.04. The van der Waals surface area contributed by atoms with Gasteiger partial charge in [-0.15, -0.1) is 0 Å². The zero-order chi connectivity index (χ0) is 14.0. The van der Waals surface area contributed by atoms with E-state index in [4.69, 9.17) is 9.15 Å². The minimum atomic E-state index is -0.331. The van der Waals surface area contributed by atoms with E-state index in [1.54, 1.807) is 20.1 Å². The monoisotopic (exact) mass is 264 g/mol. The number of methoxy groups -OCH3 is 1. The first-order valence-corrected chi connectivity index (χ1v) is 6.26. The molecule has 4 heteroatoms. The number of carbonyl (C=O) groups excluding carboxylic acids is 1. The van der Waals surface area contributed by atoms with E-state index in [0.29, 0.717) is 35.3 Å². The third-order valence-corrected chi connectivity index (χ3v) is 3.32. The van der Waals surface area contributed by atoms with E-state index in [2.05, 4.69) is 0 Å². The number of rotatable bonds is 5. The molecule has 0 amide bonds. The molecule has 1 unspecified atom stereocenters. The molecule has 2 aromatic rings. The maximum Gasteiger partial charge on any atom is 0.201 e. The van der Waals surface area contributed by atoms with Gasteiger partial charge in [0.1, 0.15) is 11.4 Å². The minimum Gasteiger partial charge on any atom is -0.453 e. The molecule has 19 heavy (non-hydrogen) atoms. The molecule has 0 radical (unpaired) electrons. The summed E-state index contributed by atoms with van der Waals surface area (Å²) in [4.78, 5) is 12.3. The highest BCUT2D eigenvalue weighted by Crippen LogP contribution is 2.28. The van der Waals surface area contributed by atoms with Crippen LogP contribution in [-0.4, -0.2) is 19.5 Å². The smallest absolute Gasteiger partial charge is 0.201 e. The number of fused-ring (bicyclic) bond motifs is 1. The molecule has 1 aromatic heterocycles. The molecule has 0 aliphatic heterocycles. The van der Waals surface area contributed by atoms with Gasteiger partial charge in [0.15, 0.2) is 5.76 Å². The molecule has 3 nitrogen and oxygen atoms in total. The molecule has 0 saturated heterocycles. The molecule has 0 aliphatic rings. The van der Waals surface area contributed by atoms with Gasteiger partial charge in [-0.05, 0) is 31.5 Å². The van der Waals surface area contributed by atoms with Crippen molar-refractivity contribution in [1.29, 1.82) is 0 Å². The summed E-state index contributed by atoms with van der Waals surface area (Å²) in [5, 5.41) is 0.655. The zero-order valence-electron chi connectivity index (χ0n) is 11.3. The zero-order valence-corrected chi connectivity index (χ0v) is 11.3. The highest BCUT2D eigenvalue weighted by molar-refractivity contribution is 6.01. The van der Waals surface area contributed by atoms with E-state index < -0.39 is 0 Å². The van der Waals surface area contributed by atoms with E-state index >= 15 is 0 Å². The molecule has 0 bridgehead atoms. The number of furan rings is 1. The molecular formula is C15H17FO3. The maximum atomic E-state index is 13.2. The average Bonchev–Trinajstić information content (AvgIpc) is 2.72. The van der Waals surface area contributed by atoms with Crippen molar-refractivity contribution >= 4 is 16.8 Å². The Morgan fingerprint density at radius 1 is 1.47 bits per heavy atom. The van der Waals surface area contributed by atoms with Crippen LogP contribution < -0.4 is 0 Å². The second-order valence-electron chi connectivity index (χ2n) is 4.74. The Bertz CT molecular complexity index is 601. The second kappa shape index (κ2) is 5.53. The van der Waals surface area contributed by atoms with Crippen LogP contribution in [0.4, 0.5) is 4.39 Å². The van der Waals surface area contributed by atoms with Crippen molar-refractivity contribution in [3.05, 3.63) is 35.3 Å². The highest BCUT2D eigenvalue weighted by Gasteiger charge is 2.22. The quantitative estimate of drug-likeness (QED) is 0.772. The van der Waals surface area contributed by atoms with Gasteiger partial charge in [0.05, 0.1) is 0 Å². The fraction of sp³-hybridized carbons (Fsp3) is 0.400. The molecule has 102 valence electrons. The van der Waals surface area contributed by atoms with E-state index in [9.17, 15) is 9.18 Å². The molecule has 1 atom stereocenters. The van der Waals surface area contributed by atoms with Crippen molar-refractivity contribution in [3.63, 3.8) is 0 Å². The van der Waals surface area contributed by atoms with Gasteiger partial charge in [-0.1, -0.05) is 6.92 Å². The largest absolute Gasteiger partial charge is 0.453 e. The maximum absolute atomic E-state index is 13.2. The molecule has 1 heterocycles. The average molecular weight is 264 g/mol. The SMILES string of the molecule is COCCC(C)C(=O)c1oc2ccc(F)cc2c1C. The summed E-state index contributed by atoms with van der Waals surface area (Å²) < 4.78 is 23.7. The molecule has 0 N–H and O–H groups in total. The van der Waals surface area contributed by atoms with Crippen molar-refractivity contribution in [2.75, 3.05) is 13.7 Å². The Morgan fingerprint density at radius 3 is 2.89 bits per heavy atom. The lowest BCUT2D eigenvalue weighted by Crippen LogP contribution is -2.13. The van der Waals surface area contributed by atoms with Crippen LogP contribution in [0.1, 0.15) is 29.5 Å². The number of benzene rings is 1. The first-order valence-electron chi connectivity index (χ1n) is 6.26. The van der Waals surface area contributed by atoms with Crippen molar-refractivity contribution in [2.45, 2.75) is 20.3 Å². The summed E-state index contributed by atoms with van der Waals surface area (Å²) >= 11 is 0. The Morgan fingerprint density at radius 2 is 2.21 bits per heavy atom. The Balaban J connectivity index is 2.34. The molecular weight excluding hydrogens is 247 g/mol. The predicted octanol–water partition coefficient (Wildman–Crippen LogP) is 3.74. The van der Waals surface area contributed by atoms with E-state index in [0.717, 1.165) is 0 Å². The number of halogens is 1. The summed E-state index contributed by atoms with van der Waals surface area (Å²) in [5.74, 6) is -0.248. The minimum absolute atomic E-state index is 0.0637. The van der Waals surface area contributed by atoms with Crippen molar-refractivity contribution in [1.82, 2.24) is 0 Å².